The number of rotatable bonds is 3. The Morgan fingerprint density at radius 3 is 2.19 bits per heavy atom. The van der Waals surface area contributed by atoms with Gasteiger partial charge in [-0.2, -0.15) is 0 Å². The molecule has 1 aromatic rings. The smallest absolute Gasteiger partial charge is 0.257 e. The van der Waals surface area contributed by atoms with Gasteiger partial charge in [-0.3, -0.25) is 14.5 Å². The van der Waals surface area contributed by atoms with Gasteiger partial charge in [-0.05, 0) is 20.8 Å². The van der Waals surface area contributed by atoms with Crippen molar-refractivity contribution < 1.29 is 14.0 Å². The lowest BCUT2D eigenvalue weighted by Crippen LogP contribution is -2.51. The van der Waals surface area contributed by atoms with Crippen LogP contribution in [0.3, 0.4) is 0 Å². The molecule has 0 aromatic carbocycles. The van der Waals surface area contributed by atoms with Gasteiger partial charge in [0, 0.05) is 38.8 Å². The summed E-state index contributed by atoms with van der Waals surface area (Å²) < 4.78 is 5.53. The molecule has 0 saturated carbocycles. The molecule has 0 atom stereocenters. The molecule has 116 valence electrons. The minimum Gasteiger partial charge on any atom is -0.466 e. The topological polar surface area (TPSA) is 65.8 Å². The second-order valence-corrected chi connectivity index (χ2v) is 5.46. The molecule has 21 heavy (non-hydrogen) atoms. The molecule has 1 aliphatic rings. The maximum atomic E-state index is 12.6. The lowest BCUT2D eigenvalue weighted by atomic mass is 10.1. The van der Waals surface area contributed by atoms with Crippen molar-refractivity contribution in [2.24, 2.45) is 0 Å². The highest BCUT2D eigenvalue weighted by atomic mass is 16.3. The number of carbonyl (C=O) groups is 2. The van der Waals surface area contributed by atoms with Crippen molar-refractivity contribution in [2.45, 2.75) is 20.8 Å². The van der Waals surface area contributed by atoms with Crippen LogP contribution in [0.1, 0.15) is 27.4 Å². The zero-order valence-electron chi connectivity index (χ0n) is 13.2. The van der Waals surface area contributed by atoms with Crippen molar-refractivity contribution in [3.05, 3.63) is 22.6 Å². The Labute approximate surface area is 125 Å². The number of hydrogen-bond acceptors (Lipinski definition) is 4. The molecule has 0 unspecified atom stereocenters. The largest absolute Gasteiger partial charge is 0.466 e. The molecule has 2 rings (SSSR count). The normalized spacial score (nSPS) is 16.1. The van der Waals surface area contributed by atoms with Gasteiger partial charge in [0.1, 0.15) is 11.5 Å². The lowest BCUT2D eigenvalue weighted by Gasteiger charge is -2.34. The number of carbonyl (C=O) groups excluding carboxylic acids is 2. The summed E-state index contributed by atoms with van der Waals surface area (Å²) in [6, 6.07) is 0. The summed E-state index contributed by atoms with van der Waals surface area (Å²) in [6.45, 7) is 8.72. The summed E-state index contributed by atoms with van der Waals surface area (Å²) in [5.74, 6) is 1.52. The van der Waals surface area contributed by atoms with Gasteiger partial charge in [0.05, 0.1) is 12.1 Å². The first-order valence-corrected chi connectivity index (χ1v) is 7.22. The third kappa shape index (κ3) is 3.26. The number of nitrogens with zero attached hydrogens (tertiary/aromatic N) is 2. The lowest BCUT2D eigenvalue weighted by molar-refractivity contribution is -0.122. The molecule has 1 N–H and O–H groups in total. The van der Waals surface area contributed by atoms with Crippen molar-refractivity contribution in [1.29, 1.82) is 0 Å². The summed E-state index contributed by atoms with van der Waals surface area (Å²) in [5.41, 5.74) is 1.61. The van der Waals surface area contributed by atoms with E-state index in [-0.39, 0.29) is 11.8 Å². The average molecular weight is 293 g/mol. The Hall–Kier alpha value is -1.82. The number of nitrogens with one attached hydrogen (secondary N) is 1. The van der Waals surface area contributed by atoms with Crippen LogP contribution in [0.15, 0.2) is 4.42 Å². The first-order chi connectivity index (χ1) is 9.93. The van der Waals surface area contributed by atoms with Crippen LogP contribution in [-0.4, -0.2) is 61.4 Å². The molecular formula is C15H23N3O3. The first kappa shape index (κ1) is 15.6. The van der Waals surface area contributed by atoms with Crippen LogP contribution in [0.2, 0.25) is 0 Å². The van der Waals surface area contributed by atoms with Crippen LogP contribution in [0.4, 0.5) is 0 Å². The average Bonchev–Trinajstić information content (AvgIpc) is 2.72. The van der Waals surface area contributed by atoms with E-state index in [1.165, 1.54) is 0 Å². The zero-order valence-corrected chi connectivity index (χ0v) is 13.2. The van der Waals surface area contributed by atoms with E-state index in [1.807, 2.05) is 25.7 Å². The fourth-order valence-corrected chi connectivity index (χ4v) is 2.66. The molecule has 0 spiro atoms. The number of amides is 2. The van der Waals surface area contributed by atoms with E-state index in [1.54, 1.807) is 7.05 Å². The molecule has 1 fully saturated rings. The van der Waals surface area contributed by atoms with Crippen molar-refractivity contribution >= 4 is 11.8 Å². The third-order valence-electron chi connectivity index (χ3n) is 4.08. The second kappa shape index (κ2) is 6.30. The summed E-state index contributed by atoms with van der Waals surface area (Å²) in [5, 5.41) is 2.62. The van der Waals surface area contributed by atoms with Crippen molar-refractivity contribution in [1.82, 2.24) is 15.1 Å². The predicted molar refractivity (Wildman–Crippen MR) is 79.3 cm³/mol. The molecule has 6 nitrogen and oxygen atoms in total. The van der Waals surface area contributed by atoms with Gasteiger partial charge in [0.25, 0.3) is 5.91 Å². The van der Waals surface area contributed by atoms with Crippen molar-refractivity contribution in [3.8, 4) is 0 Å². The van der Waals surface area contributed by atoms with Gasteiger partial charge in [-0.1, -0.05) is 0 Å². The van der Waals surface area contributed by atoms with Gasteiger partial charge in [0.2, 0.25) is 5.91 Å². The van der Waals surface area contributed by atoms with Crippen LogP contribution in [-0.2, 0) is 4.79 Å². The standard InChI is InChI=1S/C15H23N3O3/c1-10-11(2)21-12(3)14(10)15(20)18-7-5-17(6-8-18)9-13(19)16-4/h5-9H2,1-4H3,(H,16,19). The Bertz CT molecular complexity index is 543. The van der Waals surface area contributed by atoms with E-state index in [4.69, 9.17) is 4.42 Å². The molecule has 2 heterocycles. The van der Waals surface area contributed by atoms with Gasteiger partial charge in [0.15, 0.2) is 0 Å². The van der Waals surface area contributed by atoms with Crippen LogP contribution in [0, 0.1) is 20.8 Å². The number of hydrogen-bond donors (Lipinski definition) is 1. The fraction of sp³-hybridized carbons (Fsp3) is 0.600. The number of aryl methyl sites for hydroxylation is 2. The zero-order chi connectivity index (χ0) is 15.6. The van der Waals surface area contributed by atoms with E-state index in [0.29, 0.717) is 44.0 Å². The summed E-state index contributed by atoms with van der Waals surface area (Å²) in [4.78, 5) is 27.9. The molecule has 1 saturated heterocycles. The first-order valence-electron chi connectivity index (χ1n) is 7.22. The Balaban J connectivity index is 1.99. The summed E-state index contributed by atoms with van der Waals surface area (Å²) in [6.07, 6.45) is 0. The number of piperazine rings is 1. The van der Waals surface area contributed by atoms with Gasteiger partial charge >= 0.3 is 0 Å². The molecule has 6 heteroatoms. The molecule has 0 aliphatic carbocycles. The summed E-state index contributed by atoms with van der Waals surface area (Å²) in [7, 11) is 1.63. The van der Waals surface area contributed by atoms with Crippen LogP contribution in [0.5, 0.6) is 0 Å². The minimum atomic E-state index is 0.00641. The Morgan fingerprint density at radius 2 is 1.71 bits per heavy atom. The summed E-state index contributed by atoms with van der Waals surface area (Å²) >= 11 is 0. The highest BCUT2D eigenvalue weighted by Gasteiger charge is 2.27. The fourth-order valence-electron chi connectivity index (χ4n) is 2.66. The third-order valence-corrected chi connectivity index (χ3v) is 4.08. The van der Waals surface area contributed by atoms with E-state index in [9.17, 15) is 9.59 Å². The molecule has 1 aromatic heterocycles. The quantitative estimate of drug-likeness (QED) is 0.891. The SMILES string of the molecule is CNC(=O)CN1CCN(C(=O)c2c(C)oc(C)c2C)CC1. The van der Waals surface area contributed by atoms with E-state index >= 15 is 0 Å². The Morgan fingerprint density at radius 1 is 1.10 bits per heavy atom. The minimum absolute atomic E-state index is 0.00641. The van der Waals surface area contributed by atoms with Crippen molar-refractivity contribution in [2.75, 3.05) is 39.8 Å². The van der Waals surface area contributed by atoms with Gasteiger partial charge in [-0.25, -0.2) is 0 Å². The molecule has 1 aliphatic heterocycles. The highest BCUT2D eigenvalue weighted by molar-refractivity contribution is 5.97. The molecular weight excluding hydrogens is 270 g/mol. The van der Waals surface area contributed by atoms with E-state index in [0.717, 1.165) is 11.3 Å². The van der Waals surface area contributed by atoms with E-state index < -0.39 is 0 Å². The molecule has 0 radical (unpaired) electrons. The number of furan rings is 1. The maximum absolute atomic E-state index is 12.6. The maximum Gasteiger partial charge on any atom is 0.257 e. The van der Waals surface area contributed by atoms with Crippen molar-refractivity contribution in [3.63, 3.8) is 0 Å². The van der Waals surface area contributed by atoms with E-state index in [2.05, 4.69) is 10.2 Å². The second-order valence-electron chi connectivity index (χ2n) is 5.46. The molecule has 0 bridgehead atoms. The van der Waals surface area contributed by atoms with Gasteiger partial charge < -0.3 is 14.6 Å². The van der Waals surface area contributed by atoms with Crippen LogP contribution < -0.4 is 5.32 Å². The van der Waals surface area contributed by atoms with Crippen LogP contribution in [0.25, 0.3) is 0 Å². The van der Waals surface area contributed by atoms with Gasteiger partial charge in [-0.15, -0.1) is 0 Å². The number of likely N-dealkylation sites (N-methyl/N-ethyl adjacent to an activating group) is 1. The van der Waals surface area contributed by atoms with Crippen LogP contribution >= 0.6 is 0 Å². The molecule has 2 amide bonds. The monoisotopic (exact) mass is 293 g/mol. The highest BCUT2D eigenvalue weighted by Crippen LogP contribution is 2.22. The Kier molecular flexibility index (Phi) is 4.67. The predicted octanol–water partition coefficient (Wildman–Crippen LogP) is 0.709.